The van der Waals surface area contributed by atoms with Gasteiger partial charge in [0.05, 0.1) is 11.6 Å². The van der Waals surface area contributed by atoms with E-state index in [2.05, 4.69) is 18.9 Å². The maximum Gasteiger partial charge on any atom is 0.283 e. The molecule has 4 rings (SSSR count). The minimum atomic E-state index is -0.294. The molecule has 0 fully saturated rings. The molecule has 1 aliphatic rings. The van der Waals surface area contributed by atoms with Crippen molar-refractivity contribution in [2.45, 2.75) is 46.0 Å². The third-order valence-corrected chi connectivity index (χ3v) is 6.00. The summed E-state index contributed by atoms with van der Waals surface area (Å²) in [6.07, 6.45) is 6.54. The summed E-state index contributed by atoms with van der Waals surface area (Å²) in [5.41, 5.74) is 1.82. The van der Waals surface area contributed by atoms with Crippen molar-refractivity contribution in [3.8, 4) is 0 Å². The van der Waals surface area contributed by atoms with Crippen molar-refractivity contribution in [3.63, 3.8) is 0 Å². The molecule has 4 nitrogen and oxygen atoms in total. The first-order chi connectivity index (χ1) is 13.0. The van der Waals surface area contributed by atoms with Crippen LogP contribution in [0.15, 0.2) is 34.2 Å². The van der Waals surface area contributed by atoms with Gasteiger partial charge in [0.1, 0.15) is 16.5 Å². The van der Waals surface area contributed by atoms with E-state index < -0.39 is 0 Å². The van der Waals surface area contributed by atoms with Gasteiger partial charge < -0.3 is 0 Å². The zero-order chi connectivity index (χ0) is 19.0. The summed E-state index contributed by atoms with van der Waals surface area (Å²) in [5, 5.41) is 5.17. The van der Waals surface area contributed by atoms with Crippen molar-refractivity contribution >= 4 is 27.8 Å². The van der Waals surface area contributed by atoms with Crippen molar-refractivity contribution in [1.29, 1.82) is 0 Å². The minimum Gasteiger partial charge on any atom is -0.267 e. The molecule has 2 heterocycles. The number of aryl methyl sites for hydroxylation is 2. The number of halogens is 1. The number of aromatic nitrogens is 2. The molecule has 0 spiro atoms. The Labute approximate surface area is 161 Å². The van der Waals surface area contributed by atoms with E-state index in [1.165, 1.54) is 33.7 Å². The summed E-state index contributed by atoms with van der Waals surface area (Å²) in [4.78, 5) is 20.3. The molecule has 0 bridgehead atoms. The quantitative estimate of drug-likeness (QED) is 0.620. The first-order valence-corrected chi connectivity index (χ1v) is 10.2. The Morgan fingerprint density at radius 2 is 2.00 bits per heavy atom. The molecule has 6 heteroatoms. The molecule has 1 aromatic carbocycles. The number of nitrogens with zero attached hydrogens (tertiary/aromatic N) is 3. The van der Waals surface area contributed by atoms with E-state index in [9.17, 15) is 9.18 Å². The van der Waals surface area contributed by atoms with Gasteiger partial charge in [-0.05, 0) is 54.9 Å². The van der Waals surface area contributed by atoms with Crippen LogP contribution in [0.4, 0.5) is 4.39 Å². The van der Waals surface area contributed by atoms with E-state index in [4.69, 9.17) is 4.98 Å². The normalized spacial score (nSPS) is 14.4. The Bertz CT molecular complexity index is 1060. The summed E-state index contributed by atoms with van der Waals surface area (Å²) in [5.74, 6) is 0.744. The second-order valence-corrected chi connectivity index (χ2v) is 8.51. The SMILES string of the molecule is CC(C)Cc1nc2sc3c(c2c(=O)n1/N=C\c1ccc(F)cc1)CCCC3. The molecular weight excluding hydrogens is 361 g/mol. The predicted octanol–water partition coefficient (Wildman–Crippen LogP) is 4.56. The lowest BCUT2D eigenvalue weighted by atomic mass is 9.97. The second-order valence-electron chi connectivity index (χ2n) is 7.43. The van der Waals surface area contributed by atoms with Crippen molar-refractivity contribution in [2.24, 2.45) is 11.0 Å². The van der Waals surface area contributed by atoms with Crippen LogP contribution in [0.1, 0.15) is 48.5 Å². The zero-order valence-corrected chi connectivity index (χ0v) is 16.4. The highest BCUT2D eigenvalue weighted by molar-refractivity contribution is 7.18. The molecular formula is C21H22FN3OS. The van der Waals surface area contributed by atoms with Gasteiger partial charge in [-0.1, -0.05) is 26.0 Å². The van der Waals surface area contributed by atoms with E-state index in [1.807, 2.05) is 0 Å². The average Bonchev–Trinajstić information content (AvgIpc) is 3.00. The van der Waals surface area contributed by atoms with Gasteiger partial charge in [0.2, 0.25) is 0 Å². The fourth-order valence-electron chi connectivity index (χ4n) is 3.53. The number of rotatable bonds is 4. The fourth-order valence-corrected chi connectivity index (χ4v) is 4.80. The van der Waals surface area contributed by atoms with Crippen LogP contribution in [0.3, 0.4) is 0 Å². The van der Waals surface area contributed by atoms with Crippen LogP contribution >= 0.6 is 11.3 Å². The number of fused-ring (bicyclic) bond motifs is 3. The Hall–Kier alpha value is -2.34. The van der Waals surface area contributed by atoms with E-state index in [-0.39, 0.29) is 11.4 Å². The highest BCUT2D eigenvalue weighted by atomic mass is 32.1. The van der Waals surface area contributed by atoms with Crippen LogP contribution in [0.2, 0.25) is 0 Å². The zero-order valence-electron chi connectivity index (χ0n) is 15.5. The molecule has 27 heavy (non-hydrogen) atoms. The first-order valence-electron chi connectivity index (χ1n) is 9.39. The highest BCUT2D eigenvalue weighted by Crippen LogP contribution is 2.33. The monoisotopic (exact) mass is 383 g/mol. The van der Waals surface area contributed by atoms with Crippen molar-refractivity contribution in [3.05, 3.63) is 62.3 Å². The molecule has 0 saturated heterocycles. The fraction of sp³-hybridized carbons (Fsp3) is 0.381. The van der Waals surface area contributed by atoms with E-state index in [0.29, 0.717) is 18.2 Å². The van der Waals surface area contributed by atoms with Gasteiger partial charge in [0.25, 0.3) is 5.56 Å². The van der Waals surface area contributed by atoms with Gasteiger partial charge in [-0.3, -0.25) is 4.79 Å². The van der Waals surface area contributed by atoms with Gasteiger partial charge in [0, 0.05) is 11.3 Å². The summed E-state index contributed by atoms with van der Waals surface area (Å²) in [7, 11) is 0. The lowest BCUT2D eigenvalue weighted by molar-refractivity contribution is 0.586. The van der Waals surface area contributed by atoms with Crippen LogP contribution in [0.5, 0.6) is 0 Å². The van der Waals surface area contributed by atoms with Crippen molar-refractivity contribution in [1.82, 2.24) is 9.66 Å². The van der Waals surface area contributed by atoms with Crippen LogP contribution in [0.25, 0.3) is 10.2 Å². The van der Waals surface area contributed by atoms with Gasteiger partial charge in [-0.25, -0.2) is 9.37 Å². The predicted molar refractivity (Wildman–Crippen MR) is 108 cm³/mol. The Balaban J connectivity index is 1.86. The molecule has 0 aliphatic heterocycles. The molecule has 1 aliphatic carbocycles. The number of thiophene rings is 1. The number of hydrogen-bond donors (Lipinski definition) is 0. The number of hydrogen-bond acceptors (Lipinski definition) is 4. The van der Waals surface area contributed by atoms with E-state index in [0.717, 1.165) is 35.0 Å². The Morgan fingerprint density at radius 3 is 2.74 bits per heavy atom. The molecule has 0 unspecified atom stereocenters. The molecule has 2 aromatic heterocycles. The van der Waals surface area contributed by atoms with Gasteiger partial charge >= 0.3 is 0 Å². The highest BCUT2D eigenvalue weighted by Gasteiger charge is 2.22. The topological polar surface area (TPSA) is 47.2 Å². The van der Waals surface area contributed by atoms with Crippen molar-refractivity contribution in [2.75, 3.05) is 0 Å². The van der Waals surface area contributed by atoms with E-state index >= 15 is 0 Å². The molecule has 0 atom stereocenters. The second kappa shape index (κ2) is 7.35. The lowest BCUT2D eigenvalue weighted by Gasteiger charge is -2.11. The van der Waals surface area contributed by atoms with Crippen LogP contribution in [-0.4, -0.2) is 15.9 Å². The number of benzene rings is 1. The third kappa shape index (κ3) is 3.58. The molecule has 140 valence electrons. The standard InChI is InChI=1S/C21H22FN3OS/c1-13(2)11-18-24-20-19(16-5-3-4-6-17(16)27-20)21(26)25(18)23-12-14-7-9-15(22)10-8-14/h7-10,12-13H,3-6,11H2,1-2H3/b23-12-. The molecule has 0 saturated carbocycles. The minimum absolute atomic E-state index is 0.0894. The molecule has 0 radical (unpaired) electrons. The maximum atomic E-state index is 13.3. The molecule has 3 aromatic rings. The van der Waals surface area contributed by atoms with Crippen LogP contribution in [-0.2, 0) is 19.3 Å². The maximum absolute atomic E-state index is 13.3. The summed E-state index contributed by atoms with van der Waals surface area (Å²) < 4.78 is 14.6. The van der Waals surface area contributed by atoms with E-state index in [1.54, 1.807) is 29.7 Å². The largest absolute Gasteiger partial charge is 0.283 e. The molecule has 0 amide bonds. The summed E-state index contributed by atoms with van der Waals surface area (Å²) >= 11 is 1.66. The Kier molecular flexibility index (Phi) is 4.91. The lowest BCUT2D eigenvalue weighted by Crippen LogP contribution is -2.23. The van der Waals surface area contributed by atoms with Gasteiger partial charge in [-0.15, -0.1) is 11.3 Å². The summed E-state index contributed by atoms with van der Waals surface area (Å²) in [6, 6.07) is 6.06. The van der Waals surface area contributed by atoms with Gasteiger partial charge in [0.15, 0.2) is 0 Å². The summed E-state index contributed by atoms with van der Waals surface area (Å²) in [6.45, 7) is 4.20. The molecule has 0 N–H and O–H groups in total. The average molecular weight is 383 g/mol. The van der Waals surface area contributed by atoms with Gasteiger partial charge in [-0.2, -0.15) is 9.78 Å². The van der Waals surface area contributed by atoms with Crippen LogP contribution in [0, 0.1) is 11.7 Å². The third-order valence-electron chi connectivity index (χ3n) is 4.82. The smallest absolute Gasteiger partial charge is 0.267 e. The van der Waals surface area contributed by atoms with Crippen molar-refractivity contribution < 1.29 is 4.39 Å². The first kappa shape index (κ1) is 18.0. The van der Waals surface area contributed by atoms with Crippen LogP contribution < -0.4 is 5.56 Å². The Morgan fingerprint density at radius 1 is 1.26 bits per heavy atom.